The number of unbranched alkanes of at least 4 members (excludes halogenated alkanes) is 20. The smallest absolute Gasteiger partial charge is 0.339 e. The van der Waals surface area contributed by atoms with Crippen LogP contribution in [-0.4, -0.2) is 34.7 Å². The lowest BCUT2D eigenvalue weighted by atomic mass is 9.80. The molecule has 6 heteroatoms. The van der Waals surface area contributed by atoms with E-state index in [0.717, 1.165) is 128 Å². The quantitative estimate of drug-likeness (QED) is 0.0608. The fourth-order valence-corrected chi connectivity index (χ4v) is 6.80. The lowest BCUT2D eigenvalue weighted by Crippen LogP contribution is -2.24. The maximum atomic E-state index is 13.9. The van der Waals surface area contributed by atoms with Crippen LogP contribution in [0, 0.1) is 0 Å². The van der Waals surface area contributed by atoms with E-state index in [1.807, 2.05) is 0 Å². The highest BCUT2D eigenvalue weighted by molar-refractivity contribution is 6.08. The van der Waals surface area contributed by atoms with Gasteiger partial charge >= 0.3 is 17.9 Å². The van der Waals surface area contributed by atoms with Crippen LogP contribution in [0.1, 0.15) is 230 Å². The molecule has 0 unspecified atom stereocenters. The molecule has 1 rings (SSSR count). The van der Waals surface area contributed by atoms with Crippen molar-refractivity contribution in [3.63, 3.8) is 0 Å². The van der Waals surface area contributed by atoms with Crippen molar-refractivity contribution in [2.45, 2.75) is 201 Å². The van der Waals surface area contributed by atoms with Crippen molar-refractivity contribution in [1.82, 2.24) is 0 Å². The Kier molecular flexibility index (Phi) is 25.0. The summed E-state index contributed by atoms with van der Waals surface area (Å²) >= 11 is 0. The molecular weight excluding hydrogens is 588 g/mol. The van der Waals surface area contributed by atoms with Gasteiger partial charge in [0.25, 0.3) is 0 Å². The molecule has 0 amide bonds. The molecule has 0 aliphatic rings. The molecule has 0 aromatic heterocycles. The number of hydrogen-bond donors (Lipinski definition) is 2. The van der Waals surface area contributed by atoms with Crippen molar-refractivity contribution >= 4 is 17.9 Å². The third kappa shape index (κ3) is 17.0. The van der Waals surface area contributed by atoms with E-state index < -0.39 is 17.9 Å². The van der Waals surface area contributed by atoms with Crippen LogP contribution >= 0.6 is 0 Å². The zero-order valence-electron chi connectivity index (χ0n) is 30.8. The summed E-state index contributed by atoms with van der Waals surface area (Å²) in [6.45, 7) is 8.94. The molecule has 0 saturated heterocycles. The number of hydrogen-bond acceptors (Lipinski definition) is 4. The van der Waals surface area contributed by atoms with Crippen molar-refractivity contribution in [2.24, 2.45) is 0 Å². The Hall–Kier alpha value is -2.37. The average Bonchev–Trinajstić information content (AvgIpc) is 3.05. The first-order valence-electron chi connectivity index (χ1n) is 19.7. The predicted octanol–water partition coefficient (Wildman–Crippen LogP) is 12.3. The molecule has 270 valence electrons. The van der Waals surface area contributed by atoms with Crippen LogP contribution in [0.4, 0.5) is 0 Å². The molecule has 0 radical (unpaired) electrons. The van der Waals surface area contributed by atoms with Gasteiger partial charge in [-0.05, 0) is 61.6 Å². The van der Waals surface area contributed by atoms with Gasteiger partial charge in [-0.15, -0.1) is 0 Å². The predicted molar refractivity (Wildman–Crippen MR) is 195 cm³/mol. The fraction of sp³-hybridized carbons (Fsp3) is 0.780. The van der Waals surface area contributed by atoms with E-state index in [9.17, 15) is 24.6 Å². The molecule has 6 nitrogen and oxygen atoms in total. The summed E-state index contributed by atoms with van der Waals surface area (Å²) in [4.78, 5) is 40.1. The first-order chi connectivity index (χ1) is 22.8. The Labute approximate surface area is 287 Å². The minimum absolute atomic E-state index is 0.00142. The van der Waals surface area contributed by atoms with Gasteiger partial charge in [0.2, 0.25) is 0 Å². The topological polar surface area (TPSA) is 101 Å². The van der Waals surface area contributed by atoms with Crippen molar-refractivity contribution in [2.75, 3.05) is 6.61 Å². The van der Waals surface area contributed by atoms with Crippen LogP contribution in [0.2, 0.25) is 0 Å². The highest BCUT2D eigenvalue weighted by Crippen LogP contribution is 2.34. The summed E-state index contributed by atoms with van der Waals surface area (Å²) in [5, 5.41) is 21.5. The largest absolute Gasteiger partial charge is 0.478 e. The summed E-state index contributed by atoms with van der Waals surface area (Å²) in [7, 11) is 0. The number of ether oxygens (including phenoxy) is 1. The zero-order valence-corrected chi connectivity index (χ0v) is 30.8. The van der Waals surface area contributed by atoms with Crippen molar-refractivity contribution in [1.29, 1.82) is 0 Å². The van der Waals surface area contributed by atoms with Gasteiger partial charge in [0.05, 0.1) is 23.3 Å². The molecule has 0 aliphatic carbocycles. The molecule has 0 atom stereocenters. The molecule has 2 N–H and O–H groups in total. The van der Waals surface area contributed by atoms with Crippen LogP contribution < -0.4 is 0 Å². The Bertz CT molecular complexity index is 1010. The van der Waals surface area contributed by atoms with Crippen molar-refractivity contribution in [3.05, 3.63) is 33.4 Å². The van der Waals surface area contributed by atoms with Crippen LogP contribution in [0.3, 0.4) is 0 Å². The number of rotatable bonds is 31. The number of carboxylic acid groups (broad SMARTS) is 2. The maximum Gasteiger partial charge on any atom is 0.339 e. The SMILES string of the molecule is CCCCCCCCOC(=O)c1c(CCCCCCCC)c(C(=O)O)c(CCCCCCCC)c(CCCCCCCC)c1C(=O)O. The molecular formula is C41H70O6. The Morgan fingerprint density at radius 2 is 0.723 bits per heavy atom. The lowest BCUT2D eigenvalue weighted by molar-refractivity contribution is 0.0485. The van der Waals surface area contributed by atoms with Gasteiger partial charge in [-0.3, -0.25) is 0 Å². The van der Waals surface area contributed by atoms with E-state index in [0.29, 0.717) is 42.4 Å². The average molecular weight is 659 g/mol. The molecule has 0 saturated carbocycles. The monoisotopic (exact) mass is 659 g/mol. The van der Waals surface area contributed by atoms with E-state index in [1.54, 1.807) is 0 Å². The lowest BCUT2D eigenvalue weighted by Gasteiger charge is -2.23. The van der Waals surface area contributed by atoms with Crippen LogP contribution in [0.5, 0.6) is 0 Å². The molecule has 0 heterocycles. The minimum atomic E-state index is -1.15. The Morgan fingerprint density at radius 1 is 0.404 bits per heavy atom. The fourth-order valence-electron chi connectivity index (χ4n) is 6.80. The third-order valence-corrected chi connectivity index (χ3v) is 9.53. The highest BCUT2D eigenvalue weighted by atomic mass is 16.5. The van der Waals surface area contributed by atoms with Gasteiger partial charge < -0.3 is 14.9 Å². The standard InChI is InChI=1S/C41H70O6/c1-5-9-13-17-21-25-29-33-34(30-26-22-18-14-10-6-2)37(40(44)45)38(41(46)47-32-28-24-20-16-12-8-4)35(36(33)39(42)43)31-27-23-19-15-11-7-3/h5-32H2,1-4H3,(H,42,43)(H,44,45). The second kappa shape index (κ2) is 27.6. The maximum absolute atomic E-state index is 13.9. The molecule has 1 aromatic carbocycles. The molecule has 1 aromatic rings. The zero-order chi connectivity index (χ0) is 34.7. The van der Waals surface area contributed by atoms with E-state index in [4.69, 9.17) is 4.74 Å². The molecule has 0 bridgehead atoms. The normalized spacial score (nSPS) is 11.2. The number of aromatic carboxylic acids is 2. The van der Waals surface area contributed by atoms with Crippen LogP contribution in [0.15, 0.2) is 0 Å². The van der Waals surface area contributed by atoms with Crippen LogP contribution in [0.25, 0.3) is 0 Å². The number of carbonyl (C=O) groups excluding carboxylic acids is 1. The van der Waals surface area contributed by atoms with E-state index in [1.165, 1.54) is 19.3 Å². The first kappa shape index (κ1) is 42.7. The van der Waals surface area contributed by atoms with Crippen LogP contribution in [-0.2, 0) is 24.0 Å². The summed E-state index contributed by atoms with van der Waals surface area (Å²) in [5.74, 6) is -2.88. The van der Waals surface area contributed by atoms with E-state index in [2.05, 4.69) is 27.7 Å². The second-order valence-electron chi connectivity index (χ2n) is 13.6. The van der Waals surface area contributed by atoms with E-state index >= 15 is 0 Å². The summed E-state index contributed by atoms with van der Waals surface area (Å²) < 4.78 is 5.77. The van der Waals surface area contributed by atoms with Gasteiger partial charge in [0, 0.05) is 0 Å². The second-order valence-corrected chi connectivity index (χ2v) is 13.6. The number of carbonyl (C=O) groups is 3. The van der Waals surface area contributed by atoms with Gasteiger partial charge in [-0.25, -0.2) is 14.4 Å². The van der Waals surface area contributed by atoms with Gasteiger partial charge in [0.15, 0.2) is 0 Å². The summed E-state index contributed by atoms with van der Waals surface area (Å²) in [6.07, 6.45) is 26.3. The number of carboxylic acids is 2. The van der Waals surface area contributed by atoms with Crippen molar-refractivity contribution < 1.29 is 29.3 Å². The summed E-state index contributed by atoms with van der Waals surface area (Å²) in [6, 6.07) is 0. The number of benzene rings is 1. The van der Waals surface area contributed by atoms with E-state index in [-0.39, 0.29) is 23.3 Å². The Morgan fingerprint density at radius 3 is 1.11 bits per heavy atom. The molecule has 0 spiro atoms. The van der Waals surface area contributed by atoms with Gasteiger partial charge in [-0.2, -0.15) is 0 Å². The molecule has 0 aliphatic heterocycles. The van der Waals surface area contributed by atoms with Gasteiger partial charge in [-0.1, -0.05) is 156 Å². The number of esters is 1. The van der Waals surface area contributed by atoms with Gasteiger partial charge in [0.1, 0.15) is 0 Å². The Balaban J connectivity index is 3.59. The highest BCUT2D eigenvalue weighted by Gasteiger charge is 2.33. The first-order valence-corrected chi connectivity index (χ1v) is 19.7. The summed E-state index contributed by atoms with van der Waals surface area (Å²) in [5.41, 5.74) is 1.75. The molecule has 0 fully saturated rings. The minimum Gasteiger partial charge on any atom is -0.478 e. The third-order valence-electron chi connectivity index (χ3n) is 9.53. The molecule has 47 heavy (non-hydrogen) atoms. The van der Waals surface area contributed by atoms with Crippen molar-refractivity contribution in [3.8, 4) is 0 Å².